The van der Waals surface area contributed by atoms with E-state index >= 15 is 0 Å². The fraction of sp³-hybridized carbons (Fsp3) is 0.368. The zero-order chi connectivity index (χ0) is 14.2. The van der Waals surface area contributed by atoms with Gasteiger partial charge in [0.25, 0.3) is 0 Å². The molecule has 104 valence electrons. The molecule has 2 aromatic rings. The second-order valence-electron chi connectivity index (χ2n) is 5.22. The second kappa shape index (κ2) is 8.06. The molecule has 0 nitrogen and oxygen atoms in total. The number of benzene rings is 2. The van der Waals surface area contributed by atoms with E-state index < -0.39 is 0 Å². The molecule has 0 unspecified atom stereocenters. The standard InChI is InChI=1S/C13H10.C6H14Si/c1-4-10-6-2-8-12-9-3-7-11(5-1)13(10)12;1-3-5-7-6-4-2/h1-8H,9H2;3-6H2,1-2H3. The van der Waals surface area contributed by atoms with E-state index in [1.807, 2.05) is 0 Å². The average Bonchev–Trinajstić information content (AvgIpc) is 2.50. The molecule has 1 aliphatic carbocycles. The van der Waals surface area contributed by atoms with E-state index in [1.165, 1.54) is 56.3 Å². The van der Waals surface area contributed by atoms with E-state index in [0.29, 0.717) is 0 Å². The quantitative estimate of drug-likeness (QED) is 0.493. The first kappa shape index (κ1) is 15.1. The van der Waals surface area contributed by atoms with Crippen molar-refractivity contribution >= 4 is 26.4 Å². The molecule has 0 amide bonds. The Morgan fingerprint density at radius 2 is 1.65 bits per heavy atom. The third kappa shape index (κ3) is 3.83. The summed E-state index contributed by atoms with van der Waals surface area (Å²) in [5.41, 5.74) is 2.81. The normalized spacial score (nSPS) is 12.1. The fourth-order valence-corrected chi connectivity index (χ4v) is 3.51. The van der Waals surface area contributed by atoms with Crippen LogP contribution in [0.4, 0.5) is 0 Å². The third-order valence-corrected chi connectivity index (χ3v) is 5.22. The van der Waals surface area contributed by atoms with Crippen molar-refractivity contribution in [2.45, 2.75) is 45.2 Å². The molecule has 2 aromatic carbocycles. The highest BCUT2D eigenvalue weighted by atomic mass is 28.2. The van der Waals surface area contributed by atoms with Gasteiger partial charge >= 0.3 is 0 Å². The highest BCUT2D eigenvalue weighted by molar-refractivity contribution is 6.35. The van der Waals surface area contributed by atoms with Gasteiger partial charge in [-0.05, 0) is 28.3 Å². The highest BCUT2D eigenvalue weighted by Crippen LogP contribution is 2.27. The van der Waals surface area contributed by atoms with Crippen LogP contribution in [0.25, 0.3) is 16.8 Å². The van der Waals surface area contributed by atoms with Gasteiger partial charge in [0.2, 0.25) is 0 Å². The monoisotopic (exact) mass is 280 g/mol. The smallest absolute Gasteiger partial charge is 0.0377 e. The summed E-state index contributed by atoms with van der Waals surface area (Å²) in [6.07, 6.45) is 8.28. The number of rotatable bonds is 4. The Morgan fingerprint density at radius 3 is 2.35 bits per heavy atom. The van der Waals surface area contributed by atoms with Crippen LogP contribution in [0.3, 0.4) is 0 Å². The molecule has 0 heterocycles. The molecule has 0 saturated carbocycles. The summed E-state index contributed by atoms with van der Waals surface area (Å²) in [6.45, 7) is 4.51. The molecule has 0 bridgehead atoms. The van der Waals surface area contributed by atoms with E-state index in [4.69, 9.17) is 0 Å². The second-order valence-corrected chi connectivity index (χ2v) is 6.72. The van der Waals surface area contributed by atoms with Crippen LogP contribution in [0.2, 0.25) is 12.1 Å². The van der Waals surface area contributed by atoms with Gasteiger partial charge in [-0.1, -0.05) is 87.3 Å². The summed E-state index contributed by atoms with van der Waals surface area (Å²) >= 11 is 0. The van der Waals surface area contributed by atoms with E-state index in [0.717, 1.165) is 6.42 Å². The van der Waals surface area contributed by atoms with E-state index in [2.05, 4.69) is 62.4 Å². The van der Waals surface area contributed by atoms with Crippen LogP contribution >= 0.6 is 0 Å². The molecule has 0 atom stereocenters. The summed E-state index contributed by atoms with van der Waals surface area (Å²) < 4.78 is 0. The molecular formula is C19H24Si. The Bertz CT molecular complexity index is 560. The lowest BCUT2D eigenvalue weighted by Crippen LogP contribution is -1.91. The minimum Gasteiger partial charge on any atom is -0.0795 e. The van der Waals surface area contributed by atoms with Crippen molar-refractivity contribution in [2.75, 3.05) is 0 Å². The molecule has 0 aromatic heterocycles. The summed E-state index contributed by atoms with van der Waals surface area (Å²) in [6, 6.07) is 15.9. The summed E-state index contributed by atoms with van der Waals surface area (Å²) in [7, 11) is 1.23. The van der Waals surface area contributed by atoms with Crippen LogP contribution in [0.5, 0.6) is 0 Å². The van der Waals surface area contributed by atoms with E-state index in [9.17, 15) is 0 Å². The molecule has 3 rings (SSSR count). The van der Waals surface area contributed by atoms with Crippen molar-refractivity contribution in [1.82, 2.24) is 0 Å². The molecular weight excluding hydrogens is 256 g/mol. The van der Waals surface area contributed by atoms with Crippen molar-refractivity contribution in [2.24, 2.45) is 0 Å². The maximum atomic E-state index is 2.25. The molecule has 0 N–H and O–H groups in total. The lowest BCUT2D eigenvalue weighted by Gasteiger charge is -2.11. The molecule has 1 heteroatoms. The van der Waals surface area contributed by atoms with Gasteiger partial charge in [-0.15, -0.1) is 0 Å². The largest absolute Gasteiger partial charge is 0.0795 e. The Kier molecular flexibility index (Phi) is 6.07. The first-order valence-corrected chi connectivity index (χ1v) is 9.16. The number of allylic oxidation sites excluding steroid dienone is 1. The predicted octanol–water partition coefficient (Wildman–Crippen LogP) is 5.76. The van der Waals surface area contributed by atoms with Gasteiger partial charge in [0.15, 0.2) is 0 Å². The fourth-order valence-electron chi connectivity index (χ4n) is 2.55. The molecule has 0 spiro atoms. The van der Waals surface area contributed by atoms with Gasteiger partial charge in [-0.2, -0.15) is 0 Å². The minimum atomic E-state index is 1.08. The topological polar surface area (TPSA) is 0 Å². The van der Waals surface area contributed by atoms with Crippen LogP contribution in [-0.2, 0) is 6.42 Å². The molecule has 0 saturated heterocycles. The van der Waals surface area contributed by atoms with Crippen molar-refractivity contribution in [3.63, 3.8) is 0 Å². The number of hydrogen-bond donors (Lipinski definition) is 0. The number of hydrogen-bond acceptors (Lipinski definition) is 0. The van der Waals surface area contributed by atoms with Gasteiger partial charge in [0.1, 0.15) is 0 Å². The molecule has 0 fully saturated rings. The first-order chi connectivity index (χ1) is 9.86. The Morgan fingerprint density at radius 1 is 0.950 bits per heavy atom. The zero-order valence-corrected chi connectivity index (χ0v) is 13.7. The SMILES string of the molecule is C1=Cc2cccc3cccc(c23)C1.CCC[Si]CCC. The van der Waals surface area contributed by atoms with Gasteiger partial charge < -0.3 is 0 Å². The lowest BCUT2D eigenvalue weighted by atomic mass is 9.93. The molecule has 2 radical (unpaired) electrons. The highest BCUT2D eigenvalue weighted by Gasteiger charge is 2.06. The Balaban J connectivity index is 0.000000182. The van der Waals surface area contributed by atoms with Crippen LogP contribution in [-0.4, -0.2) is 9.52 Å². The van der Waals surface area contributed by atoms with Gasteiger partial charge in [-0.25, -0.2) is 0 Å². The first-order valence-electron chi connectivity index (χ1n) is 7.74. The predicted molar refractivity (Wildman–Crippen MR) is 92.6 cm³/mol. The Hall–Kier alpha value is -1.34. The molecule has 20 heavy (non-hydrogen) atoms. The maximum absolute atomic E-state index is 2.25. The van der Waals surface area contributed by atoms with Crippen molar-refractivity contribution in [3.05, 3.63) is 53.6 Å². The zero-order valence-electron chi connectivity index (χ0n) is 12.7. The van der Waals surface area contributed by atoms with Crippen molar-refractivity contribution < 1.29 is 0 Å². The average molecular weight is 280 g/mol. The van der Waals surface area contributed by atoms with Gasteiger partial charge in [0, 0.05) is 9.52 Å². The lowest BCUT2D eigenvalue weighted by molar-refractivity contribution is 1.02. The van der Waals surface area contributed by atoms with Crippen LogP contribution in [0, 0.1) is 0 Å². The van der Waals surface area contributed by atoms with Crippen molar-refractivity contribution in [3.8, 4) is 0 Å². The van der Waals surface area contributed by atoms with Crippen LogP contribution < -0.4 is 0 Å². The van der Waals surface area contributed by atoms with Gasteiger partial charge in [-0.3, -0.25) is 0 Å². The maximum Gasteiger partial charge on any atom is 0.0377 e. The van der Waals surface area contributed by atoms with Crippen LogP contribution in [0.15, 0.2) is 42.5 Å². The summed E-state index contributed by atoms with van der Waals surface area (Å²) in [5.74, 6) is 0. The summed E-state index contributed by atoms with van der Waals surface area (Å²) in [4.78, 5) is 0. The van der Waals surface area contributed by atoms with Gasteiger partial charge in [0.05, 0.1) is 0 Å². The summed E-state index contributed by atoms with van der Waals surface area (Å²) in [5, 5.41) is 2.80. The van der Waals surface area contributed by atoms with Crippen molar-refractivity contribution in [1.29, 1.82) is 0 Å². The molecule has 0 aliphatic heterocycles. The third-order valence-electron chi connectivity index (χ3n) is 3.51. The van der Waals surface area contributed by atoms with E-state index in [1.54, 1.807) is 0 Å². The Labute approximate surface area is 125 Å². The minimum absolute atomic E-state index is 1.08. The van der Waals surface area contributed by atoms with E-state index in [-0.39, 0.29) is 0 Å². The van der Waals surface area contributed by atoms with Crippen LogP contribution in [0.1, 0.15) is 37.8 Å². The molecule has 1 aliphatic rings.